The molecule has 0 aromatic heterocycles. The molecule has 2 heteroatoms. The number of hydrogen-bond acceptors (Lipinski definition) is 2. The van der Waals surface area contributed by atoms with E-state index < -0.39 is 0 Å². The largest absolute Gasteiger partial charge is 0.508 e. The molecule has 0 aliphatic rings. The van der Waals surface area contributed by atoms with Gasteiger partial charge in [-0.05, 0) is 28.7 Å². The number of phenols is 1. The van der Waals surface area contributed by atoms with Crippen LogP contribution in [0.15, 0.2) is 29.8 Å². The molecule has 1 rings (SSSR count). The summed E-state index contributed by atoms with van der Waals surface area (Å²) >= 11 is 0. The van der Waals surface area contributed by atoms with E-state index in [9.17, 15) is 10.2 Å². The molecule has 0 fully saturated rings. The van der Waals surface area contributed by atoms with Crippen molar-refractivity contribution in [1.82, 2.24) is 0 Å². The number of rotatable bonds is 2. The van der Waals surface area contributed by atoms with Gasteiger partial charge in [-0.3, -0.25) is 0 Å². The molecule has 0 aliphatic carbocycles. The highest BCUT2D eigenvalue weighted by Gasteiger charge is 2.15. The van der Waals surface area contributed by atoms with Gasteiger partial charge >= 0.3 is 0 Å². The number of phenolic OH excluding ortho intramolecular Hbond substituents is 1. The van der Waals surface area contributed by atoms with Crippen LogP contribution < -0.4 is 0 Å². The van der Waals surface area contributed by atoms with Crippen molar-refractivity contribution in [3.8, 4) is 5.75 Å². The molecule has 0 bridgehead atoms. The number of aromatic hydroxyl groups is 1. The topological polar surface area (TPSA) is 40.5 Å². The van der Waals surface area contributed by atoms with Crippen molar-refractivity contribution in [3.63, 3.8) is 0 Å². The van der Waals surface area contributed by atoms with E-state index in [4.69, 9.17) is 0 Å². The Morgan fingerprint density at radius 3 is 2.47 bits per heavy atom. The predicted molar refractivity (Wildman–Crippen MR) is 62.6 cm³/mol. The van der Waals surface area contributed by atoms with Crippen LogP contribution in [0.4, 0.5) is 0 Å². The smallest absolute Gasteiger partial charge is 0.116 e. The molecule has 0 atom stereocenters. The van der Waals surface area contributed by atoms with Crippen molar-refractivity contribution in [2.24, 2.45) is 5.41 Å². The van der Waals surface area contributed by atoms with Crippen LogP contribution in [-0.4, -0.2) is 16.8 Å². The van der Waals surface area contributed by atoms with Crippen molar-refractivity contribution in [3.05, 3.63) is 35.4 Å². The molecule has 2 N–H and O–H groups in total. The number of benzene rings is 1. The third-order valence-electron chi connectivity index (χ3n) is 2.34. The van der Waals surface area contributed by atoms with Crippen LogP contribution in [0, 0.1) is 5.41 Å². The molecule has 0 heterocycles. The number of aliphatic hydroxyl groups excluding tert-OH is 1. The Kier molecular flexibility index (Phi) is 3.53. The maximum Gasteiger partial charge on any atom is 0.116 e. The molecule has 1 aromatic carbocycles. The maximum atomic E-state index is 9.31. The molecule has 0 spiro atoms. The Hall–Kier alpha value is -1.28. The van der Waals surface area contributed by atoms with Gasteiger partial charge in [0.05, 0.1) is 6.61 Å². The van der Waals surface area contributed by atoms with Crippen LogP contribution in [0.5, 0.6) is 5.75 Å². The first-order chi connectivity index (χ1) is 6.93. The van der Waals surface area contributed by atoms with Crippen molar-refractivity contribution >= 4 is 6.08 Å². The molecule has 0 unspecified atom stereocenters. The van der Waals surface area contributed by atoms with E-state index in [1.54, 1.807) is 18.2 Å². The lowest BCUT2D eigenvalue weighted by Crippen LogP contribution is -2.12. The van der Waals surface area contributed by atoms with Crippen molar-refractivity contribution < 1.29 is 10.2 Å². The van der Waals surface area contributed by atoms with Crippen molar-refractivity contribution in [1.29, 1.82) is 0 Å². The molecule has 0 radical (unpaired) electrons. The Bertz CT molecular complexity index is 359. The quantitative estimate of drug-likeness (QED) is 0.781. The summed E-state index contributed by atoms with van der Waals surface area (Å²) in [5, 5.41) is 18.6. The molecule has 0 aliphatic heterocycles. The fraction of sp³-hybridized carbons (Fsp3) is 0.385. The Balaban J connectivity index is 3.04. The first-order valence-corrected chi connectivity index (χ1v) is 5.04. The average molecular weight is 206 g/mol. The molecule has 0 saturated heterocycles. The standard InChI is InChI=1S/C13H18O2/c1-13(2,3)11(9-14)7-10-5-4-6-12(15)8-10/h4-8,14-15H,9H2,1-3H3/b11-7+. The number of hydrogen-bond donors (Lipinski definition) is 2. The van der Waals surface area contributed by atoms with E-state index in [1.165, 1.54) is 0 Å². The lowest BCUT2D eigenvalue weighted by atomic mass is 9.86. The Morgan fingerprint density at radius 2 is 2.00 bits per heavy atom. The lowest BCUT2D eigenvalue weighted by Gasteiger charge is -2.21. The van der Waals surface area contributed by atoms with Crippen LogP contribution >= 0.6 is 0 Å². The summed E-state index contributed by atoms with van der Waals surface area (Å²) in [5.41, 5.74) is 1.81. The molecular formula is C13H18O2. The van der Waals surface area contributed by atoms with Gasteiger partial charge in [0.2, 0.25) is 0 Å². The zero-order valence-corrected chi connectivity index (χ0v) is 9.49. The van der Waals surface area contributed by atoms with Crippen LogP contribution in [0.25, 0.3) is 6.08 Å². The van der Waals surface area contributed by atoms with Gasteiger partial charge < -0.3 is 10.2 Å². The third kappa shape index (κ3) is 3.40. The highest BCUT2D eigenvalue weighted by atomic mass is 16.3. The van der Waals surface area contributed by atoms with Crippen LogP contribution in [0.2, 0.25) is 0 Å². The lowest BCUT2D eigenvalue weighted by molar-refractivity contribution is 0.298. The Labute approximate surface area is 90.9 Å². The van der Waals surface area contributed by atoms with Crippen LogP contribution in [-0.2, 0) is 0 Å². The predicted octanol–water partition coefficient (Wildman–Crippen LogP) is 2.81. The minimum atomic E-state index is -0.0553. The van der Waals surface area contributed by atoms with Gasteiger partial charge in [0.15, 0.2) is 0 Å². The van der Waals surface area contributed by atoms with Crippen molar-refractivity contribution in [2.75, 3.05) is 6.61 Å². The average Bonchev–Trinajstić information content (AvgIpc) is 2.12. The van der Waals surface area contributed by atoms with Crippen molar-refractivity contribution in [2.45, 2.75) is 20.8 Å². The zero-order chi connectivity index (χ0) is 11.5. The van der Waals surface area contributed by atoms with E-state index >= 15 is 0 Å². The summed E-state index contributed by atoms with van der Waals surface area (Å²) in [6, 6.07) is 7.01. The van der Waals surface area contributed by atoms with Gasteiger partial charge in [-0.1, -0.05) is 39.0 Å². The van der Waals surface area contributed by atoms with E-state index in [-0.39, 0.29) is 17.8 Å². The summed E-state index contributed by atoms with van der Waals surface area (Å²) in [6.07, 6.45) is 1.92. The molecule has 0 amide bonds. The van der Waals surface area contributed by atoms with E-state index in [2.05, 4.69) is 20.8 Å². The second kappa shape index (κ2) is 4.49. The monoisotopic (exact) mass is 206 g/mol. The fourth-order valence-electron chi connectivity index (χ4n) is 1.32. The summed E-state index contributed by atoms with van der Waals surface area (Å²) in [6.45, 7) is 6.20. The highest BCUT2D eigenvalue weighted by Crippen LogP contribution is 2.27. The van der Waals surface area contributed by atoms with E-state index in [0.29, 0.717) is 0 Å². The SMILES string of the molecule is CC(C)(C)/C(=C/c1cccc(O)c1)CO. The Morgan fingerprint density at radius 1 is 1.33 bits per heavy atom. The summed E-state index contributed by atoms with van der Waals surface area (Å²) in [4.78, 5) is 0. The van der Waals surface area contributed by atoms with Gasteiger partial charge in [-0.25, -0.2) is 0 Å². The van der Waals surface area contributed by atoms with Gasteiger partial charge in [0.25, 0.3) is 0 Å². The molecular weight excluding hydrogens is 188 g/mol. The third-order valence-corrected chi connectivity index (χ3v) is 2.34. The minimum Gasteiger partial charge on any atom is -0.508 e. The zero-order valence-electron chi connectivity index (χ0n) is 9.49. The first kappa shape index (κ1) is 11.8. The maximum absolute atomic E-state index is 9.31. The molecule has 0 saturated carbocycles. The van der Waals surface area contributed by atoms with Gasteiger partial charge in [-0.2, -0.15) is 0 Å². The molecule has 2 nitrogen and oxygen atoms in total. The fourth-order valence-corrected chi connectivity index (χ4v) is 1.32. The molecule has 15 heavy (non-hydrogen) atoms. The molecule has 82 valence electrons. The van der Waals surface area contributed by atoms with Crippen LogP contribution in [0.3, 0.4) is 0 Å². The van der Waals surface area contributed by atoms with Gasteiger partial charge in [0, 0.05) is 0 Å². The minimum absolute atomic E-state index is 0.0408. The summed E-state index contributed by atoms with van der Waals surface area (Å²) in [7, 11) is 0. The van der Waals surface area contributed by atoms with E-state index in [1.807, 2.05) is 12.1 Å². The van der Waals surface area contributed by atoms with Crippen LogP contribution in [0.1, 0.15) is 26.3 Å². The second-order valence-corrected chi connectivity index (χ2v) is 4.67. The summed E-state index contributed by atoms with van der Waals surface area (Å²) < 4.78 is 0. The number of aliphatic hydroxyl groups is 1. The summed E-state index contributed by atoms with van der Waals surface area (Å²) in [5.74, 6) is 0.245. The molecule has 1 aromatic rings. The second-order valence-electron chi connectivity index (χ2n) is 4.67. The normalized spacial score (nSPS) is 12.9. The van der Waals surface area contributed by atoms with Gasteiger partial charge in [0.1, 0.15) is 5.75 Å². The first-order valence-electron chi connectivity index (χ1n) is 5.04. The highest BCUT2D eigenvalue weighted by molar-refractivity contribution is 5.56. The van der Waals surface area contributed by atoms with E-state index in [0.717, 1.165) is 11.1 Å². The van der Waals surface area contributed by atoms with Gasteiger partial charge in [-0.15, -0.1) is 0 Å².